The normalized spacial score (nSPS) is 10.5. The van der Waals surface area contributed by atoms with E-state index in [9.17, 15) is 4.39 Å². The van der Waals surface area contributed by atoms with Gasteiger partial charge in [0.05, 0.1) is 18.9 Å². The Kier molecular flexibility index (Phi) is 5.04. The van der Waals surface area contributed by atoms with Gasteiger partial charge in [0.2, 0.25) is 0 Å². The van der Waals surface area contributed by atoms with Crippen LogP contribution in [0.3, 0.4) is 0 Å². The minimum Gasteiger partial charge on any atom is -0.497 e. The van der Waals surface area contributed by atoms with Gasteiger partial charge < -0.3 is 14.8 Å². The molecule has 0 amide bonds. The quantitative estimate of drug-likeness (QED) is 0.863. The van der Waals surface area contributed by atoms with Crippen molar-refractivity contribution in [3.8, 4) is 11.5 Å². The Morgan fingerprint density at radius 1 is 1.10 bits per heavy atom. The molecule has 0 saturated carbocycles. The fourth-order valence-electron chi connectivity index (χ4n) is 1.97. The zero-order valence-electron chi connectivity index (χ0n) is 12.5. The lowest BCUT2D eigenvalue weighted by Gasteiger charge is -2.12. The van der Waals surface area contributed by atoms with Crippen LogP contribution in [-0.4, -0.2) is 13.2 Å². The van der Waals surface area contributed by atoms with Crippen LogP contribution in [0.25, 0.3) is 0 Å². The van der Waals surface area contributed by atoms with Crippen LogP contribution in [0.5, 0.6) is 11.5 Å². The van der Waals surface area contributed by atoms with E-state index in [1.165, 1.54) is 6.07 Å². The first-order chi connectivity index (χ1) is 10.1. The minimum absolute atomic E-state index is 0.129. The van der Waals surface area contributed by atoms with Gasteiger partial charge >= 0.3 is 0 Å². The van der Waals surface area contributed by atoms with Crippen molar-refractivity contribution in [2.24, 2.45) is 0 Å². The van der Waals surface area contributed by atoms with E-state index in [0.717, 1.165) is 11.3 Å². The van der Waals surface area contributed by atoms with Crippen LogP contribution in [0, 0.1) is 5.82 Å². The van der Waals surface area contributed by atoms with E-state index in [4.69, 9.17) is 9.47 Å². The number of methoxy groups -OCH3 is 1. The number of anilines is 1. The third-order valence-corrected chi connectivity index (χ3v) is 2.93. The molecule has 0 fully saturated rings. The Labute approximate surface area is 124 Å². The third kappa shape index (κ3) is 4.38. The molecule has 1 N–H and O–H groups in total. The molecule has 0 bridgehead atoms. The van der Waals surface area contributed by atoms with Crippen LogP contribution in [-0.2, 0) is 6.54 Å². The topological polar surface area (TPSA) is 30.5 Å². The number of hydrogen-bond acceptors (Lipinski definition) is 3. The average molecular weight is 289 g/mol. The number of benzene rings is 2. The Morgan fingerprint density at radius 2 is 1.90 bits per heavy atom. The molecule has 0 heterocycles. The molecule has 0 aliphatic rings. The largest absolute Gasteiger partial charge is 0.497 e. The van der Waals surface area contributed by atoms with E-state index in [-0.39, 0.29) is 11.9 Å². The number of hydrogen-bond donors (Lipinski definition) is 1. The average Bonchev–Trinajstić information content (AvgIpc) is 2.46. The van der Waals surface area contributed by atoms with Crippen molar-refractivity contribution in [2.45, 2.75) is 26.5 Å². The molecule has 0 aliphatic heterocycles. The Balaban J connectivity index is 2.06. The van der Waals surface area contributed by atoms with Crippen molar-refractivity contribution in [3.63, 3.8) is 0 Å². The highest BCUT2D eigenvalue weighted by Gasteiger charge is 2.05. The standard InChI is InChI=1S/C17H20FNO2/c1-12(2)21-15-6-4-5-13(9-15)11-19-17-10-14(20-3)7-8-16(17)18/h4-10,12,19H,11H2,1-3H3. The predicted molar refractivity (Wildman–Crippen MR) is 82.5 cm³/mol. The van der Waals surface area contributed by atoms with E-state index < -0.39 is 0 Å². The predicted octanol–water partition coefficient (Wildman–Crippen LogP) is 4.23. The number of ether oxygens (including phenoxy) is 2. The van der Waals surface area contributed by atoms with E-state index >= 15 is 0 Å². The molecule has 0 spiro atoms. The van der Waals surface area contributed by atoms with Crippen molar-refractivity contribution in [1.82, 2.24) is 0 Å². The van der Waals surface area contributed by atoms with Crippen molar-refractivity contribution < 1.29 is 13.9 Å². The second-order valence-electron chi connectivity index (χ2n) is 5.01. The monoisotopic (exact) mass is 289 g/mol. The van der Waals surface area contributed by atoms with Crippen LogP contribution < -0.4 is 14.8 Å². The van der Waals surface area contributed by atoms with Crippen molar-refractivity contribution in [1.29, 1.82) is 0 Å². The van der Waals surface area contributed by atoms with E-state index in [1.807, 2.05) is 38.1 Å². The summed E-state index contributed by atoms with van der Waals surface area (Å²) in [5.74, 6) is 1.14. The van der Waals surface area contributed by atoms with Gasteiger partial charge in [-0.1, -0.05) is 12.1 Å². The summed E-state index contributed by atoms with van der Waals surface area (Å²) >= 11 is 0. The van der Waals surface area contributed by atoms with Gasteiger partial charge in [0, 0.05) is 12.6 Å². The van der Waals surface area contributed by atoms with Gasteiger partial charge in [-0.25, -0.2) is 4.39 Å². The molecule has 21 heavy (non-hydrogen) atoms. The summed E-state index contributed by atoms with van der Waals surface area (Å²) in [6, 6.07) is 12.4. The molecule has 0 unspecified atom stereocenters. The van der Waals surface area contributed by atoms with Crippen LogP contribution in [0.2, 0.25) is 0 Å². The summed E-state index contributed by atoms with van der Waals surface area (Å²) in [5.41, 5.74) is 1.44. The fraction of sp³-hybridized carbons (Fsp3) is 0.294. The first kappa shape index (κ1) is 15.2. The second kappa shape index (κ2) is 6.97. The van der Waals surface area contributed by atoms with Gasteiger partial charge in [-0.3, -0.25) is 0 Å². The summed E-state index contributed by atoms with van der Waals surface area (Å²) in [5, 5.41) is 3.07. The van der Waals surface area contributed by atoms with Gasteiger partial charge in [0.1, 0.15) is 17.3 Å². The van der Waals surface area contributed by atoms with Crippen molar-refractivity contribution in [2.75, 3.05) is 12.4 Å². The molecule has 0 aliphatic carbocycles. The van der Waals surface area contributed by atoms with Gasteiger partial charge in [-0.2, -0.15) is 0 Å². The number of rotatable bonds is 6. The van der Waals surface area contributed by atoms with Gasteiger partial charge in [-0.05, 0) is 43.7 Å². The number of halogens is 1. The lowest BCUT2D eigenvalue weighted by atomic mass is 10.2. The molecule has 3 nitrogen and oxygen atoms in total. The Bertz CT molecular complexity index is 599. The maximum atomic E-state index is 13.7. The van der Waals surface area contributed by atoms with Crippen molar-refractivity contribution in [3.05, 3.63) is 53.8 Å². The maximum absolute atomic E-state index is 13.7. The zero-order valence-corrected chi connectivity index (χ0v) is 12.5. The molecule has 0 radical (unpaired) electrons. The highest BCUT2D eigenvalue weighted by molar-refractivity contribution is 5.50. The molecule has 0 aromatic heterocycles. The molecule has 2 aromatic rings. The van der Waals surface area contributed by atoms with Gasteiger partial charge in [0.25, 0.3) is 0 Å². The number of nitrogens with one attached hydrogen (secondary N) is 1. The van der Waals surface area contributed by atoms with Crippen LogP contribution >= 0.6 is 0 Å². The minimum atomic E-state index is -0.301. The van der Waals surface area contributed by atoms with E-state index in [2.05, 4.69) is 5.32 Å². The van der Waals surface area contributed by atoms with Crippen LogP contribution in [0.4, 0.5) is 10.1 Å². The Morgan fingerprint density at radius 3 is 2.62 bits per heavy atom. The van der Waals surface area contributed by atoms with E-state index in [1.54, 1.807) is 19.2 Å². The summed E-state index contributed by atoms with van der Waals surface area (Å²) in [4.78, 5) is 0. The summed E-state index contributed by atoms with van der Waals surface area (Å²) in [7, 11) is 1.56. The first-order valence-corrected chi connectivity index (χ1v) is 6.91. The lowest BCUT2D eigenvalue weighted by molar-refractivity contribution is 0.242. The Hall–Kier alpha value is -2.23. The molecule has 0 saturated heterocycles. The maximum Gasteiger partial charge on any atom is 0.146 e. The van der Waals surface area contributed by atoms with Gasteiger partial charge in [0.15, 0.2) is 0 Å². The first-order valence-electron chi connectivity index (χ1n) is 6.91. The summed E-state index contributed by atoms with van der Waals surface area (Å²) < 4.78 is 24.5. The fourth-order valence-corrected chi connectivity index (χ4v) is 1.97. The highest BCUT2D eigenvalue weighted by atomic mass is 19.1. The third-order valence-electron chi connectivity index (χ3n) is 2.93. The molecular formula is C17H20FNO2. The molecule has 112 valence electrons. The SMILES string of the molecule is COc1ccc(F)c(NCc2cccc(OC(C)C)c2)c1. The molecule has 4 heteroatoms. The summed E-state index contributed by atoms with van der Waals surface area (Å²) in [6.07, 6.45) is 0.129. The second-order valence-corrected chi connectivity index (χ2v) is 5.01. The molecular weight excluding hydrogens is 269 g/mol. The van der Waals surface area contributed by atoms with Crippen LogP contribution in [0.1, 0.15) is 19.4 Å². The summed E-state index contributed by atoms with van der Waals surface area (Å²) in [6.45, 7) is 4.48. The molecule has 0 atom stereocenters. The van der Waals surface area contributed by atoms with E-state index in [0.29, 0.717) is 18.0 Å². The van der Waals surface area contributed by atoms with Crippen LogP contribution in [0.15, 0.2) is 42.5 Å². The highest BCUT2D eigenvalue weighted by Crippen LogP contribution is 2.22. The molecule has 2 rings (SSSR count). The molecule has 2 aromatic carbocycles. The smallest absolute Gasteiger partial charge is 0.146 e. The lowest BCUT2D eigenvalue weighted by Crippen LogP contribution is -2.06. The zero-order chi connectivity index (χ0) is 15.2. The van der Waals surface area contributed by atoms with Crippen molar-refractivity contribution >= 4 is 5.69 Å². The van der Waals surface area contributed by atoms with Gasteiger partial charge in [-0.15, -0.1) is 0 Å².